The normalized spacial score (nSPS) is 10.4. The lowest BCUT2D eigenvalue weighted by Crippen LogP contribution is -2.08. The van der Waals surface area contributed by atoms with E-state index >= 15 is 0 Å². The number of rotatable bonds is 2. The molecular weight excluding hydrogens is 323 g/mol. The molecule has 0 spiro atoms. The quantitative estimate of drug-likeness (QED) is 0.665. The van der Waals surface area contributed by atoms with E-state index in [-0.39, 0.29) is 16.5 Å². The van der Waals surface area contributed by atoms with Gasteiger partial charge in [-0.3, -0.25) is 0 Å². The van der Waals surface area contributed by atoms with Crippen molar-refractivity contribution in [2.45, 2.75) is 0 Å². The predicted molar refractivity (Wildman–Crippen MR) is 80.5 cm³/mol. The number of ether oxygens (including phenoxy) is 1. The number of benzene rings is 1. The fourth-order valence-electron chi connectivity index (χ4n) is 1.70. The topological polar surface area (TPSA) is 65.2 Å². The molecule has 20 heavy (non-hydrogen) atoms. The van der Waals surface area contributed by atoms with Gasteiger partial charge in [-0.15, -0.1) is 0 Å². The zero-order valence-corrected chi connectivity index (χ0v) is 12.6. The number of anilines is 1. The number of esters is 1. The highest BCUT2D eigenvalue weighted by molar-refractivity contribution is 6.46. The molecule has 0 amide bonds. The maximum absolute atomic E-state index is 11.8. The van der Waals surface area contributed by atoms with Crippen molar-refractivity contribution in [1.82, 2.24) is 4.98 Å². The number of aromatic nitrogens is 1. The Morgan fingerprint density at radius 2 is 1.80 bits per heavy atom. The molecule has 2 aromatic rings. The summed E-state index contributed by atoms with van der Waals surface area (Å²) in [5.41, 5.74) is 6.44. The zero-order valence-electron chi connectivity index (χ0n) is 10.3. The van der Waals surface area contributed by atoms with Gasteiger partial charge in [0.25, 0.3) is 0 Å². The number of nitrogen functional groups attached to an aromatic ring is 1. The minimum atomic E-state index is -0.639. The van der Waals surface area contributed by atoms with Crippen LogP contribution in [0.3, 0.4) is 0 Å². The lowest BCUT2D eigenvalue weighted by Gasteiger charge is -2.12. The lowest BCUT2D eigenvalue weighted by atomic mass is 10.0. The molecule has 0 bridgehead atoms. The molecule has 0 fully saturated rings. The first-order chi connectivity index (χ1) is 9.45. The summed E-state index contributed by atoms with van der Waals surface area (Å²) in [4.78, 5) is 15.8. The number of carbonyl (C=O) groups excluding carboxylic acids is 1. The van der Waals surface area contributed by atoms with Crippen LogP contribution in [0, 0.1) is 0 Å². The van der Waals surface area contributed by atoms with E-state index in [1.54, 1.807) is 18.2 Å². The molecule has 2 N–H and O–H groups in total. The summed E-state index contributed by atoms with van der Waals surface area (Å²) >= 11 is 18.3. The Kier molecular flexibility index (Phi) is 4.38. The van der Waals surface area contributed by atoms with E-state index < -0.39 is 5.97 Å². The third kappa shape index (κ3) is 2.68. The van der Waals surface area contributed by atoms with Gasteiger partial charge in [-0.2, -0.15) is 0 Å². The molecule has 1 heterocycles. The summed E-state index contributed by atoms with van der Waals surface area (Å²) in [5.74, 6) is -0.456. The minimum Gasteiger partial charge on any atom is -0.464 e. The van der Waals surface area contributed by atoms with Gasteiger partial charge in [0, 0.05) is 11.1 Å². The Morgan fingerprint density at radius 1 is 1.15 bits per heavy atom. The van der Waals surface area contributed by atoms with Gasteiger partial charge in [0.2, 0.25) is 0 Å². The molecule has 0 aliphatic rings. The van der Waals surface area contributed by atoms with Crippen LogP contribution in [0.1, 0.15) is 10.5 Å². The average Bonchev–Trinajstić information content (AvgIpc) is 2.44. The van der Waals surface area contributed by atoms with Crippen LogP contribution in [0.5, 0.6) is 0 Å². The van der Waals surface area contributed by atoms with Crippen LogP contribution < -0.4 is 5.73 Å². The molecule has 104 valence electrons. The Hall–Kier alpha value is -1.49. The highest BCUT2D eigenvalue weighted by Gasteiger charge is 2.21. The van der Waals surface area contributed by atoms with Crippen molar-refractivity contribution >= 4 is 46.6 Å². The van der Waals surface area contributed by atoms with E-state index in [4.69, 9.17) is 40.5 Å². The third-order valence-corrected chi connectivity index (χ3v) is 3.73. The molecule has 1 aromatic carbocycles. The molecule has 0 unspecified atom stereocenters. The van der Waals surface area contributed by atoms with Crippen LogP contribution >= 0.6 is 34.8 Å². The highest BCUT2D eigenvalue weighted by Crippen LogP contribution is 2.40. The molecule has 0 saturated carbocycles. The first-order valence-corrected chi connectivity index (χ1v) is 6.57. The van der Waals surface area contributed by atoms with Gasteiger partial charge in [0.15, 0.2) is 5.69 Å². The largest absolute Gasteiger partial charge is 0.464 e. The van der Waals surface area contributed by atoms with Crippen LogP contribution in [0.25, 0.3) is 11.1 Å². The number of pyridine rings is 1. The number of hydrogen-bond acceptors (Lipinski definition) is 4. The van der Waals surface area contributed by atoms with E-state index in [2.05, 4.69) is 9.72 Å². The first kappa shape index (κ1) is 14.9. The molecule has 0 aliphatic carbocycles. The molecule has 0 radical (unpaired) electrons. The van der Waals surface area contributed by atoms with Crippen LogP contribution in [-0.2, 0) is 4.74 Å². The van der Waals surface area contributed by atoms with Crippen LogP contribution in [0.4, 0.5) is 5.82 Å². The third-order valence-electron chi connectivity index (χ3n) is 2.61. The van der Waals surface area contributed by atoms with Crippen molar-refractivity contribution < 1.29 is 9.53 Å². The number of halogens is 3. The van der Waals surface area contributed by atoms with E-state index in [1.807, 2.05) is 0 Å². The van der Waals surface area contributed by atoms with Gasteiger partial charge in [-0.1, -0.05) is 34.8 Å². The van der Waals surface area contributed by atoms with Crippen molar-refractivity contribution in [3.05, 3.63) is 45.0 Å². The molecule has 0 aliphatic heterocycles. The maximum atomic E-state index is 11.8. The van der Waals surface area contributed by atoms with Crippen LogP contribution in [0.2, 0.25) is 15.1 Å². The Morgan fingerprint density at radius 3 is 2.45 bits per heavy atom. The molecular formula is C13H9Cl3N2O2. The predicted octanol–water partition coefficient (Wildman–Crippen LogP) is 4.08. The summed E-state index contributed by atoms with van der Waals surface area (Å²) < 4.78 is 4.69. The number of hydrogen-bond donors (Lipinski definition) is 1. The SMILES string of the molecule is COC(=O)c1nc(N)ccc1-c1c(Cl)ccc(Cl)c1Cl. The molecule has 0 atom stereocenters. The Labute approximate surface area is 130 Å². The molecule has 1 aromatic heterocycles. The Balaban J connectivity index is 2.77. The zero-order chi connectivity index (χ0) is 14.9. The van der Waals surface area contributed by atoms with Gasteiger partial charge in [0.1, 0.15) is 5.82 Å². The van der Waals surface area contributed by atoms with Crippen molar-refractivity contribution in [2.24, 2.45) is 0 Å². The number of methoxy groups -OCH3 is 1. The highest BCUT2D eigenvalue weighted by atomic mass is 35.5. The van der Waals surface area contributed by atoms with Gasteiger partial charge in [-0.05, 0) is 24.3 Å². The van der Waals surface area contributed by atoms with Gasteiger partial charge >= 0.3 is 5.97 Å². The van der Waals surface area contributed by atoms with Crippen molar-refractivity contribution in [1.29, 1.82) is 0 Å². The second kappa shape index (κ2) is 5.87. The van der Waals surface area contributed by atoms with Gasteiger partial charge in [0.05, 0.1) is 22.2 Å². The van der Waals surface area contributed by atoms with Crippen molar-refractivity contribution in [2.75, 3.05) is 12.8 Å². The van der Waals surface area contributed by atoms with Crippen LogP contribution in [0.15, 0.2) is 24.3 Å². The summed E-state index contributed by atoms with van der Waals surface area (Å²) in [7, 11) is 1.25. The second-order valence-electron chi connectivity index (χ2n) is 3.84. The smallest absolute Gasteiger partial charge is 0.357 e. The summed E-state index contributed by atoms with van der Waals surface area (Å²) in [6.07, 6.45) is 0. The second-order valence-corrected chi connectivity index (χ2v) is 5.03. The molecule has 7 heteroatoms. The Bertz CT molecular complexity index is 690. The summed E-state index contributed by atoms with van der Waals surface area (Å²) in [5, 5.41) is 0.894. The van der Waals surface area contributed by atoms with Crippen LogP contribution in [-0.4, -0.2) is 18.1 Å². The van der Waals surface area contributed by atoms with E-state index in [0.29, 0.717) is 21.2 Å². The van der Waals surface area contributed by atoms with Crippen molar-refractivity contribution in [3.63, 3.8) is 0 Å². The standard InChI is InChI=1S/C13H9Cl3N2O2/c1-20-13(19)12-6(2-5-9(17)18-12)10-7(14)3-4-8(15)11(10)16/h2-5H,1H3,(H2,17,18). The molecule has 2 rings (SSSR count). The lowest BCUT2D eigenvalue weighted by molar-refractivity contribution is 0.0595. The summed E-state index contributed by atoms with van der Waals surface area (Å²) in [6.45, 7) is 0. The molecule has 4 nitrogen and oxygen atoms in total. The number of nitrogens with two attached hydrogens (primary N) is 1. The summed E-state index contributed by atoms with van der Waals surface area (Å²) in [6, 6.07) is 6.29. The first-order valence-electron chi connectivity index (χ1n) is 5.44. The van der Waals surface area contributed by atoms with E-state index in [1.165, 1.54) is 13.2 Å². The monoisotopic (exact) mass is 330 g/mol. The fourth-order valence-corrected chi connectivity index (χ4v) is 2.43. The fraction of sp³-hybridized carbons (Fsp3) is 0.0769. The molecule has 0 saturated heterocycles. The van der Waals surface area contributed by atoms with Gasteiger partial charge in [-0.25, -0.2) is 9.78 Å². The van der Waals surface area contributed by atoms with Crippen molar-refractivity contribution in [3.8, 4) is 11.1 Å². The van der Waals surface area contributed by atoms with E-state index in [0.717, 1.165) is 0 Å². The van der Waals surface area contributed by atoms with E-state index in [9.17, 15) is 4.79 Å². The number of carbonyl (C=O) groups is 1. The van der Waals surface area contributed by atoms with Gasteiger partial charge < -0.3 is 10.5 Å². The minimum absolute atomic E-state index is 0.0265. The average molecular weight is 332 g/mol. The maximum Gasteiger partial charge on any atom is 0.357 e. The number of nitrogens with zero attached hydrogens (tertiary/aromatic N) is 1.